The van der Waals surface area contributed by atoms with E-state index in [1.807, 2.05) is 0 Å². The normalized spacial score (nSPS) is 9.94. The third-order valence-electron chi connectivity index (χ3n) is 2.34. The second kappa shape index (κ2) is 5.35. The van der Waals surface area contributed by atoms with Gasteiger partial charge >= 0.3 is 12.0 Å². The maximum atomic E-state index is 11.8. The number of carbonyl (C=O) groups excluding carboxylic acids is 3. The molecule has 0 unspecified atom stereocenters. The lowest BCUT2D eigenvalue weighted by Gasteiger charge is -2.06. The molecule has 98 valence electrons. The summed E-state index contributed by atoms with van der Waals surface area (Å²) in [6.07, 6.45) is 1.34. The topological polar surface area (TPSA) is 103 Å². The van der Waals surface area contributed by atoms with Crippen molar-refractivity contribution >= 4 is 17.8 Å². The van der Waals surface area contributed by atoms with Gasteiger partial charge in [0.15, 0.2) is 5.78 Å². The Balaban J connectivity index is 3.29. The first-order valence-corrected chi connectivity index (χ1v) is 5.35. The van der Waals surface area contributed by atoms with E-state index in [4.69, 9.17) is 10.5 Å². The fourth-order valence-corrected chi connectivity index (χ4v) is 1.57. The first kappa shape index (κ1) is 13.8. The van der Waals surface area contributed by atoms with E-state index in [1.165, 1.54) is 17.8 Å². The van der Waals surface area contributed by atoms with E-state index in [-0.39, 0.29) is 23.5 Å². The van der Waals surface area contributed by atoms with Crippen LogP contribution >= 0.6 is 0 Å². The number of nitrogens with zero attached hydrogens (tertiary/aromatic N) is 1. The van der Waals surface area contributed by atoms with Gasteiger partial charge in [0.25, 0.3) is 0 Å². The number of amides is 2. The van der Waals surface area contributed by atoms with Crippen molar-refractivity contribution in [2.75, 3.05) is 12.0 Å². The van der Waals surface area contributed by atoms with Gasteiger partial charge in [-0.2, -0.15) is 0 Å². The van der Waals surface area contributed by atoms with Crippen molar-refractivity contribution in [3.63, 3.8) is 0 Å². The van der Waals surface area contributed by atoms with Gasteiger partial charge in [0.2, 0.25) is 0 Å². The molecular formula is C11H15N3O4. The van der Waals surface area contributed by atoms with Crippen molar-refractivity contribution in [2.24, 2.45) is 5.73 Å². The lowest BCUT2D eigenvalue weighted by molar-refractivity contribution is 0.0522. The second-order valence-corrected chi connectivity index (χ2v) is 3.63. The summed E-state index contributed by atoms with van der Waals surface area (Å²) in [5, 5.41) is 0. The zero-order valence-electron chi connectivity index (χ0n) is 10.4. The van der Waals surface area contributed by atoms with Crippen molar-refractivity contribution in [3.8, 4) is 0 Å². The highest BCUT2D eigenvalue weighted by Crippen LogP contribution is 2.18. The number of nitrogens with two attached hydrogens (primary N) is 1. The highest BCUT2D eigenvalue weighted by atomic mass is 16.5. The van der Waals surface area contributed by atoms with E-state index < -0.39 is 12.0 Å². The fraction of sp³-hybridized carbons (Fsp3) is 0.364. The van der Waals surface area contributed by atoms with E-state index in [1.54, 1.807) is 13.8 Å². The molecule has 0 spiro atoms. The first-order chi connectivity index (χ1) is 8.38. The number of hydrogen-bond acceptors (Lipinski definition) is 4. The fourth-order valence-electron chi connectivity index (χ4n) is 1.57. The summed E-state index contributed by atoms with van der Waals surface area (Å²) in [5.41, 5.74) is 7.98. The Hall–Kier alpha value is -2.31. The van der Waals surface area contributed by atoms with Crippen LogP contribution in [0.25, 0.3) is 0 Å². The van der Waals surface area contributed by atoms with Gasteiger partial charge in [0.1, 0.15) is 0 Å². The zero-order chi connectivity index (χ0) is 13.9. The molecule has 0 saturated heterocycles. The van der Waals surface area contributed by atoms with Crippen LogP contribution in [0.5, 0.6) is 0 Å². The van der Waals surface area contributed by atoms with E-state index in [9.17, 15) is 14.4 Å². The Bertz CT molecular complexity index is 505. The number of ether oxygens (including phenoxy) is 1. The molecule has 0 bridgehead atoms. The van der Waals surface area contributed by atoms with Gasteiger partial charge in [-0.1, -0.05) is 0 Å². The minimum atomic E-state index is -0.793. The van der Waals surface area contributed by atoms with Crippen molar-refractivity contribution in [3.05, 3.63) is 23.0 Å². The minimum absolute atomic E-state index is 0.137. The summed E-state index contributed by atoms with van der Waals surface area (Å²) >= 11 is 0. The van der Waals surface area contributed by atoms with E-state index in [0.29, 0.717) is 5.69 Å². The quantitative estimate of drug-likeness (QED) is 0.611. The molecule has 0 aliphatic rings. The van der Waals surface area contributed by atoms with Crippen LogP contribution in [0.2, 0.25) is 0 Å². The molecule has 0 radical (unpaired) electrons. The number of nitrogens with one attached hydrogen (secondary N) is 1. The van der Waals surface area contributed by atoms with Crippen LogP contribution in [0.4, 0.5) is 4.79 Å². The summed E-state index contributed by atoms with van der Waals surface area (Å²) in [4.78, 5) is 34.0. The van der Waals surface area contributed by atoms with Gasteiger partial charge in [-0.15, -0.1) is 0 Å². The number of esters is 1. The molecule has 1 aromatic heterocycles. The summed E-state index contributed by atoms with van der Waals surface area (Å²) in [6.45, 7) is 4.77. The predicted molar refractivity (Wildman–Crippen MR) is 64.1 cm³/mol. The summed E-state index contributed by atoms with van der Waals surface area (Å²) in [7, 11) is 0. The molecule has 1 aromatic rings. The SMILES string of the molecule is CCOC(=O)c1c(C(C)=O)cn(NC(N)=O)c1C. The molecule has 1 rings (SSSR count). The summed E-state index contributed by atoms with van der Waals surface area (Å²) in [6, 6.07) is -0.793. The average Bonchev–Trinajstić information content (AvgIpc) is 2.56. The van der Waals surface area contributed by atoms with Crippen LogP contribution in [0, 0.1) is 6.92 Å². The van der Waals surface area contributed by atoms with Crippen LogP contribution in [0.3, 0.4) is 0 Å². The lowest BCUT2D eigenvalue weighted by Crippen LogP contribution is -2.28. The third kappa shape index (κ3) is 2.68. The lowest BCUT2D eigenvalue weighted by atomic mass is 10.1. The first-order valence-electron chi connectivity index (χ1n) is 5.35. The Morgan fingerprint density at radius 3 is 2.50 bits per heavy atom. The third-order valence-corrected chi connectivity index (χ3v) is 2.34. The summed E-state index contributed by atoms with van der Waals surface area (Å²) < 4.78 is 6.10. The number of urea groups is 1. The highest BCUT2D eigenvalue weighted by molar-refractivity contribution is 6.06. The smallest absolute Gasteiger partial charge is 0.340 e. The maximum Gasteiger partial charge on any atom is 0.340 e. The van der Waals surface area contributed by atoms with E-state index >= 15 is 0 Å². The molecule has 7 heteroatoms. The van der Waals surface area contributed by atoms with Gasteiger partial charge in [-0.25, -0.2) is 15.0 Å². The van der Waals surface area contributed by atoms with Crippen molar-refractivity contribution in [1.82, 2.24) is 4.68 Å². The number of rotatable bonds is 4. The highest BCUT2D eigenvalue weighted by Gasteiger charge is 2.23. The largest absolute Gasteiger partial charge is 0.462 e. The number of ketones is 1. The summed E-state index contributed by atoms with van der Waals surface area (Å²) in [5.74, 6) is -0.906. The molecule has 2 amide bonds. The Morgan fingerprint density at radius 2 is 2.06 bits per heavy atom. The van der Waals surface area contributed by atoms with Crippen LogP contribution < -0.4 is 11.2 Å². The molecule has 1 heterocycles. The zero-order valence-corrected chi connectivity index (χ0v) is 10.4. The Kier molecular flexibility index (Phi) is 4.09. The van der Waals surface area contributed by atoms with Gasteiger partial charge < -0.3 is 10.5 Å². The maximum absolute atomic E-state index is 11.8. The van der Waals surface area contributed by atoms with E-state index in [0.717, 1.165) is 0 Å². The molecule has 7 nitrogen and oxygen atoms in total. The molecule has 0 aromatic carbocycles. The average molecular weight is 253 g/mol. The number of Topliss-reactive ketones (excluding diaryl/α,β-unsaturated/α-hetero) is 1. The molecule has 0 aliphatic heterocycles. The number of aromatic nitrogens is 1. The Labute approximate surface area is 104 Å². The van der Waals surface area contributed by atoms with Gasteiger partial charge in [-0.3, -0.25) is 9.47 Å². The van der Waals surface area contributed by atoms with Crippen molar-refractivity contribution in [1.29, 1.82) is 0 Å². The van der Waals surface area contributed by atoms with Crippen LogP contribution in [-0.2, 0) is 4.74 Å². The van der Waals surface area contributed by atoms with Crippen LogP contribution in [-0.4, -0.2) is 29.1 Å². The van der Waals surface area contributed by atoms with Gasteiger partial charge in [0, 0.05) is 6.20 Å². The molecule has 0 fully saturated rings. The van der Waals surface area contributed by atoms with Crippen LogP contribution in [0.1, 0.15) is 40.3 Å². The standard InChI is InChI=1S/C11H15N3O4/c1-4-18-10(16)9-6(2)14(13-11(12)17)5-8(9)7(3)15/h5H,4H2,1-3H3,(H3,12,13,17). The van der Waals surface area contributed by atoms with Crippen molar-refractivity contribution < 1.29 is 19.1 Å². The van der Waals surface area contributed by atoms with E-state index in [2.05, 4.69) is 5.43 Å². The van der Waals surface area contributed by atoms with Gasteiger partial charge in [-0.05, 0) is 20.8 Å². The second-order valence-electron chi connectivity index (χ2n) is 3.63. The number of carbonyl (C=O) groups is 3. The molecular weight excluding hydrogens is 238 g/mol. The molecule has 0 saturated carbocycles. The molecule has 0 aliphatic carbocycles. The number of hydrogen-bond donors (Lipinski definition) is 2. The van der Waals surface area contributed by atoms with Crippen molar-refractivity contribution in [2.45, 2.75) is 20.8 Å². The van der Waals surface area contributed by atoms with Crippen LogP contribution in [0.15, 0.2) is 6.20 Å². The number of primary amides is 1. The molecule has 3 N–H and O–H groups in total. The monoisotopic (exact) mass is 253 g/mol. The predicted octanol–water partition coefficient (Wildman–Crippen LogP) is 0.798. The molecule has 0 atom stereocenters. The minimum Gasteiger partial charge on any atom is -0.462 e. The Morgan fingerprint density at radius 1 is 1.44 bits per heavy atom. The molecule has 18 heavy (non-hydrogen) atoms. The van der Waals surface area contributed by atoms with Gasteiger partial charge in [0.05, 0.1) is 23.4 Å².